The van der Waals surface area contributed by atoms with E-state index in [1.54, 1.807) is 26.4 Å². The maximum atomic E-state index is 10.6. The molecule has 0 aliphatic heterocycles. The van der Waals surface area contributed by atoms with Gasteiger partial charge in [-0.1, -0.05) is 0 Å². The second kappa shape index (κ2) is 7.06. The number of carbonyl (C=O) groups excluding carboxylic acids is 1. The van der Waals surface area contributed by atoms with Crippen molar-refractivity contribution in [3.05, 3.63) is 28.2 Å². The number of carbonyl (C=O) groups is 1. The highest BCUT2D eigenvalue weighted by atomic mass is 79.9. The summed E-state index contributed by atoms with van der Waals surface area (Å²) in [5, 5.41) is 0. The Kier molecular flexibility index (Phi) is 5.71. The van der Waals surface area contributed by atoms with E-state index in [2.05, 4.69) is 15.9 Å². The fraction of sp³-hybridized carbons (Fsp3) is 0.308. The van der Waals surface area contributed by atoms with Crippen molar-refractivity contribution < 1.29 is 19.0 Å². The maximum Gasteiger partial charge on any atom is 0.302 e. The molecule has 5 heteroatoms. The summed E-state index contributed by atoms with van der Waals surface area (Å²) in [6.07, 6.45) is 3.53. The number of hydrogen-bond donors (Lipinski definition) is 0. The molecule has 1 aromatic carbocycles. The van der Waals surface area contributed by atoms with Crippen molar-refractivity contribution in [2.24, 2.45) is 0 Å². The Bertz CT molecular complexity index is 455. The second-order valence-corrected chi connectivity index (χ2v) is 4.26. The summed E-state index contributed by atoms with van der Waals surface area (Å²) >= 11 is 3.40. The zero-order chi connectivity index (χ0) is 13.5. The fourth-order valence-corrected chi connectivity index (χ4v) is 1.94. The third-order valence-corrected chi connectivity index (χ3v) is 2.82. The van der Waals surface area contributed by atoms with E-state index in [0.29, 0.717) is 11.5 Å². The molecule has 0 spiro atoms. The van der Waals surface area contributed by atoms with Crippen LogP contribution in [0.4, 0.5) is 0 Å². The minimum Gasteiger partial charge on any atom is -0.496 e. The Hall–Kier alpha value is -1.49. The number of methoxy groups -OCH3 is 2. The SMILES string of the molecule is COc1ccc(Br)c(OC)c1/C=C/COC(C)=O. The number of hydrogen-bond acceptors (Lipinski definition) is 4. The van der Waals surface area contributed by atoms with Crippen LogP contribution < -0.4 is 9.47 Å². The van der Waals surface area contributed by atoms with Crippen molar-refractivity contribution in [2.75, 3.05) is 20.8 Å². The molecule has 0 N–H and O–H groups in total. The Labute approximate surface area is 115 Å². The number of ether oxygens (including phenoxy) is 3. The predicted octanol–water partition coefficient (Wildman–Crippen LogP) is 3.04. The molecular formula is C13H15BrO4. The summed E-state index contributed by atoms with van der Waals surface area (Å²) in [6, 6.07) is 3.68. The van der Waals surface area contributed by atoms with Gasteiger partial charge in [-0.25, -0.2) is 0 Å². The number of rotatable bonds is 5. The first-order chi connectivity index (χ1) is 8.60. The molecule has 0 atom stereocenters. The summed E-state index contributed by atoms with van der Waals surface area (Å²) in [5.41, 5.74) is 0.793. The van der Waals surface area contributed by atoms with Gasteiger partial charge in [-0.3, -0.25) is 4.79 Å². The summed E-state index contributed by atoms with van der Waals surface area (Å²) in [4.78, 5) is 10.6. The molecule has 0 saturated carbocycles. The van der Waals surface area contributed by atoms with Crippen LogP contribution in [-0.4, -0.2) is 26.8 Å². The van der Waals surface area contributed by atoms with Crippen LogP contribution in [0.1, 0.15) is 12.5 Å². The highest BCUT2D eigenvalue weighted by Crippen LogP contribution is 2.36. The predicted molar refractivity (Wildman–Crippen MR) is 72.9 cm³/mol. The number of esters is 1. The quantitative estimate of drug-likeness (QED) is 0.784. The van der Waals surface area contributed by atoms with Crippen LogP contribution >= 0.6 is 15.9 Å². The molecule has 0 saturated heterocycles. The van der Waals surface area contributed by atoms with Gasteiger partial charge in [0.25, 0.3) is 0 Å². The Morgan fingerprint density at radius 1 is 1.33 bits per heavy atom. The van der Waals surface area contributed by atoms with E-state index >= 15 is 0 Å². The monoisotopic (exact) mass is 314 g/mol. The van der Waals surface area contributed by atoms with Gasteiger partial charge in [0.2, 0.25) is 0 Å². The summed E-state index contributed by atoms with van der Waals surface area (Å²) in [6.45, 7) is 1.59. The molecule has 0 aliphatic carbocycles. The van der Waals surface area contributed by atoms with Gasteiger partial charge in [-0.15, -0.1) is 0 Å². The Morgan fingerprint density at radius 3 is 2.61 bits per heavy atom. The molecule has 0 aromatic heterocycles. The molecule has 1 rings (SSSR count). The molecule has 98 valence electrons. The van der Waals surface area contributed by atoms with E-state index in [-0.39, 0.29) is 12.6 Å². The van der Waals surface area contributed by atoms with Crippen LogP contribution in [0.15, 0.2) is 22.7 Å². The van der Waals surface area contributed by atoms with Gasteiger partial charge < -0.3 is 14.2 Å². The zero-order valence-electron chi connectivity index (χ0n) is 10.5. The Morgan fingerprint density at radius 2 is 2.06 bits per heavy atom. The van der Waals surface area contributed by atoms with Crippen molar-refractivity contribution in [2.45, 2.75) is 6.92 Å². The van der Waals surface area contributed by atoms with Gasteiger partial charge in [-0.2, -0.15) is 0 Å². The van der Waals surface area contributed by atoms with Crippen molar-refractivity contribution in [1.82, 2.24) is 0 Å². The van der Waals surface area contributed by atoms with Gasteiger partial charge in [0.1, 0.15) is 18.1 Å². The highest BCUT2D eigenvalue weighted by Gasteiger charge is 2.10. The van der Waals surface area contributed by atoms with E-state index in [1.807, 2.05) is 12.1 Å². The fourth-order valence-electron chi connectivity index (χ4n) is 1.43. The molecule has 18 heavy (non-hydrogen) atoms. The first-order valence-electron chi connectivity index (χ1n) is 5.30. The van der Waals surface area contributed by atoms with Crippen molar-refractivity contribution in [3.8, 4) is 11.5 Å². The van der Waals surface area contributed by atoms with Gasteiger partial charge in [0.05, 0.1) is 24.3 Å². The average Bonchev–Trinajstić information content (AvgIpc) is 2.34. The molecule has 0 radical (unpaired) electrons. The lowest BCUT2D eigenvalue weighted by molar-refractivity contribution is -0.139. The summed E-state index contributed by atoms with van der Waals surface area (Å²) < 4.78 is 16.2. The van der Waals surface area contributed by atoms with E-state index in [4.69, 9.17) is 14.2 Å². The van der Waals surface area contributed by atoms with Gasteiger partial charge in [0.15, 0.2) is 0 Å². The minimum atomic E-state index is -0.312. The van der Waals surface area contributed by atoms with Gasteiger partial charge in [-0.05, 0) is 40.2 Å². The summed E-state index contributed by atoms with van der Waals surface area (Å²) in [7, 11) is 3.18. The lowest BCUT2D eigenvalue weighted by Crippen LogP contribution is -1.98. The first kappa shape index (κ1) is 14.6. The van der Waals surface area contributed by atoms with Crippen LogP contribution in [0, 0.1) is 0 Å². The largest absolute Gasteiger partial charge is 0.496 e. The number of benzene rings is 1. The molecule has 0 amide bonds. The van der Waals surface area contributed by atoms with Crippen LogP contribution in [0.5, 0.6) is 11.5 Å². The normalized spacial score (nSPS) is 10.4. The molecule has 1 aromatic rings. The zero-order valence-corrected chi connectivity index (χ0v) is 12.1. The molecule has 4 nitrogen and oxygen atoms in total. The van der Waals surface area contributed by atoms with E-state index in [1.165, 1.54) is 6.92 Å². The molecule has 0 bridgehead atoms. The lowest BCUT2D eigenvalue weighted by atomic mass is 10.1. The lowest BCUT2D eigenvalue weighted by Gasteiger charge is -2.11. The van der Waals surface area contributed by atoms with Gasteiger partial charge >= 0.3 is 5.97 Å². The average molecular weight is 315 g/mol. The van der Waals surface area contributed by atoms with E-state index in [0.717, 1.165) is 10.0 Å². The van der Waals surface area contributed by atoms with Crippen LogP contribution in [0.2, 0.25) is 0 Å². The van der Waals surface area contributed by atoms with Crippen LogP contribution in [-0.2, 0) is 9.53 Å². The standard InChI is InChI=1S/C13H15BrO4/c1-9(15)18-8-4-5-10-12(16-2)7-6-11(14)13(10)17-3/h4-7H,8H2,1-3H3/b5-4+. The van der Waals surface area contributed by atoms with Crippen molar-refractivity contribution >= 4 is 28.0 Å². The topological polar surface area (TPSA) is 44.8 Å². The van der Waals surface area contributed by atoms with E-state index in [9.17, 15) is 4.79 Å². The molecule has 0 fully saturated rings. The smallest absolute Gasteiger partial charge is 0.302 e. The van der Waals surface area contributed by atoms with Crippen LogP contribution in [0.25, 0.3) is 6.08 Å². The van der Waals surface area contributed by atoms with Crippen LogP contribution in [0.3, 0.4) is 0 Å². The number of halogens is 1. The van der Waals surface area contributed by atoms with Crippen molar-refractivity contribution in [3.63, 3.8) is 0 Å². The summed E-state index contributed by atoms with van der Waals surface area (Å²) in [5.74, 6) is 1.05. The Balaban J connectivity index is 2.97. The molecular weight excluding hydrogens is 300 g/mol. The first-order valence-corrected chi connectivity index (χ1v) is 6.09. The molecule has 0 heterocycles. The third-order valence-electron chi connectivity index (χ3n) is 2.20. The van der Waals surface area contributed by atoms with E-state index < -0.39 is 0 Å². The van der Waals surface area contributed by atoms with Gasteiger partial charge in [0, 0.05) is 6.92 Å². The molecule has 0 aliphatic rings. The third kappa shape index (κ3) is 3.77. The second-order valence-electron chi connectivity index (χ2n) is 3.40. The maximum absolute atomic E-state index is 10.6. The molecule has 0 unspecified atom stereocenters. The van der Waals surface area contributed by atoms with Crippen molar-refractivity contribution in [1.29, 1.82) is 0 Å². The highest BCUT2D eigenvalue weighted by molar-refractivity contribution is 9.10. The minimum absolute atomic E-state index is 0.216.